The predicted octanol–water partition coefficient (Wildman–Crippen LogP) is 2.80. The van der Waals surface area contributed by atoms with Crippen LogP contribution in [-0.2, 0) is 25.7 Å². The van der Waals surface area contributed by atoms with Crippen molar-refractivity contribution in [2.45, 2.75) is 44.9 Å². The maximum atomic E-state index is 13.5. The summed E-state index contributed by atoms with van der Waals surface area (Å²) in [5, 5.41) is 13.0. The van der Waals surface area contributed by atoms with E-state index in [2.05, 4.69) is 20.8 Å². The molecule has 3 aromatic rings. The molecule has 9 nitrogen and oxygen atoms in total. The van der Waals surface area contributed by atoms with Gasteiger partial charge in [0.1, 0.15) is 5.82 Å². The van der Waals surface area contributed by atoms with E-state index < -0.39 is 17.8 Å². The number of carbonyl (C=O) groups excluding carboxylic acids is 1. The molecule has 32 heavy (non-hydrogen) atoms. The monoisotopic (exact) mass is 449 g/mol. The van der Waals surface area contributed by atoms with Crippen molar-refractivity contribution in [1.29, 1.82) is 0 Å². The molecule has 1 aliphatic heterocycles. The fraction of sp³-hybridized carbons (Fsp3) is 0.400. The van der Waals surface area contributed by atoms with E-state index in [4.69, 9.17) is 0 Å². The highest BCUT2D eigenvalue weighted by Gasteiger charge is 2.34. The van der Waals surface area contributed by atoms with Crippen LogP contribution in [0.5, 0.6) is 0 Å². The van der Waals surface area contributed by atoms with Crippen molar-refractivity contribution in [1.82, 2.24) is 29.4 Å². The molecule has 170 valence electrons. The summed E-state index contributed by atoms with van der Waals surface area (Å²) < 4.78 is 44.9. The standard InChI is InChI=1S/C20H22F3N7O2/c21-20(22,23)15-13-14(29-11-4-9-25-29)6-7-16(15)26-18(31)24-8-3-12-30-19(32)28-10-2-1-5-17(28)27-30/h4,6-7,9,11,13H,1-3,5,8,10,12H2,(H2,24,26,31). The third-order valence-corrected chi connectivity index (χ3v) is 5.19. The number of benzene rings is 1. The number of amides is 2. The first-order chi connectivity index (χ1) is 15.3. The van der Waals surface area contributed by atoms with Gasteiger partial charge in [0, 0.05) is 38.4 Å². The van der Waals surface area contributed by atoms with E-state index in [1.807, 2.05) is 0 Å². The van der Waals surface area contributed by atoms with Crippen molar-refractivity contribution in [3.63, 3.8) is 0 Å². The lowest BCUT2D eigenvalue weighted by Gasteiger charge is -2.16. The highest BCUT2D eigenvalue weighted by molar-refractivity contribution is 5.90. The van der Waals surface area contributed by atoms with E-state index in [9.17, 15) is 22.8 Å². The first-order valence-corrected chi connectivity index (χ1v) is 10.3. The summed E-state index contributed by atoms with van der Waals surface area (Å²) in [6.07, 6.45) is 1.45. The van der Waals surface area contributed by atoms with E-state index in [0.29, 0.717) is 19.5 Å². The van der Waals surface area contributed by atoms with E-state index in [1.54, 1.807) is 10.6 Å². The number of nitrogens with zero attached hydrogens (tertiary/aromatic N) is 5. The molecule has 0 radical (unpaired) electrons. The zero-order valence-electron chi connectivity index (χ0n) is 17.1. The van der Waals surface area contributed by atoms with E-state index >= 15 is 0 Å². The number of aromatic nitrogens is 5. The van der Waals surface area contributed by atoms with Gasteiger partial charge < -0.3 is 10.6 Å². The number of nitrogens with one attached hydrogen (secondary N) is 2. The number of urea groups is 1. The van der Waals surface area contributed by atoms with E-state index in [0.717, 1.165) is 31.2 Å². The summed E-state index contributed by atoms with van der Waals surface area (Å²) in [5.41, 5.74) is -1.28. The maximum absolute atomic E-state index is 13.5. The number of aryl methyl sites for hydroxylation is 2. The number of alkyl halides is 3. The van der Waals surface area contributed by atoms with Crippen LogP contribution in [0.4, 0.5) is 23.7 Å². The van der Waals surface area contributed by atoms with Gasteiger partial charge in [0.2, 0.25) is 0 Å². The Bertz CT molecular complexity index is 1150. The molecule has 0 spiro atoms. The molecule has 0 aliphatic carbocycles. The Balaban J connectivity index is 1.35. The molecule has 12 heteroatoms. The topological polar surface area (TPSA) is 98.8 Å². The molecule has 0 atom stereocenters. The largest absolute Gasteiger partial charge is 0.418 e. The quantitative estimate of drug-likeness (QED) is 0.566. The second-order valence-electron chi connectivity index (χ2n) is 7.44. The van der Waals surface area contributed by atoms with E-state index in [-0.39, 0.29) is 23.6 Å². The van der Waals surface area contributed by atoms with Crippen LogP contribution in [0.2, 0.25) is 0 Å². The Morgan fingerprint density at radius 3 is 2.78 bits per heavy atom. The van der Waals surface area contributed by atoms with Crippen LogP contribution in [0.25, 0.3) is 5.69 Å². The highest BCUT2D eigenvalue weighted by Crippen LogP contribution is 2.36. The lowest BCUT2D eigenvalue weighted by molar-refractivity contribution is -0.136. The van der Waals surface area contributed by atoms with Crippen LogP contribution in [0.3, 0.4) is 0 Å². The number of rotatable bonds is 6. The summed E-state index contributed by atoms with van der Waals surface area (Å²) in [5.74, 6) is 0.769. The average Bonchev–Trinajstić information content (AvgIpc) is 3.40. The lowest BCUT2D eigenvalue weighted by atomic mass is 10.1. The molecule has 0 saturated heterocycles. The molecular formula is C20H22F3N7O2. The van der Waals surface area contributed by atoms with Gasteiger partial charge in [0.05, 0.1) is 16.9 Å². The molecule has 1 aliphatic rings. The Morgan fingerprint density at radius 2 is 2.06 bits per heavy atom. The van der Waals surface area contributed by atoms with Gasteiger partial charge in [-0.15, -0.1) is 0 Å². The number of hydrogen-bond donors (Lipinski definition) is 2. The zero-order chi connectivity index (χ0) is 22.7. The number of halogens is 3. The molecule has 1 aromatic carbocycles. The van der Waals surface area contributed by atoms with Gasteiger partial charge in [-0.2, -0.15) is 23.4 Å². The van der Waals surface area contributed by atoms with Gasteiger partial charge in [0.25, 0.3) is 0 Å². The molecule has 2 N–H and O–H groups in total. The highest BCUT2D eigenvalue weighted by atomic mass is 19.4. The van der Waals surface area contributed by atoms with Crippen LogP contribution >= 0.6 is 0 Å². The Kier molecular flexibility index (Phi) is 6.01. The summed E-state index contributed by atoms with van der Waals surface area (Å²) in [6, 6.07) is 4.38. The zero-order valence-corrected chi connectivity index (χ0v) is 17.1. The van der Waals surface area contributed by atoms with E-state index in [1.165, 1.54) is 33.9 Å². The summed E-state index contributed by atoms with van der Waals surface area (Å²) in [6.45, 7) is 1.15. The van der Waals surface area contributed by atoms with Crippen LogP contribution in [0.1, 0.15) is 30.7 Å². The number of carbonyl (C=O) groups is 1. The fourth-order valence-corrected chi connectivity index (χ4v) is 3.63. The van der Waals surface area contributed by atoms with Crippen molar-refractivity contribution >= 4 is 11.7 Å². The van der Waals surface area contributed by atoms with Crippen molar-refractivity contribution in [3.05, 3.63) is 58.5 Å². The summed E-state index contributed by atoms with van der Waals surface area (Å²) in [7, 11) is 0. The molecule has 0 unspecified atom stereocenters. The SMILES string of the molecule is O=C(NCCCn1nc2n(c1=O)CCCC2)Nc1ccc(-n2cccn2)cc1C(F)(F)F. The van der Waals surface area contributed by atoms with Crippen LogP contribution in [-0.4, -0.2) is 36.7 Å². The third kappa shape index (κ3) is 4.68. The third-order valence-electron chi connectivity index (χ3n) is 5.19. The second-order valence-corrected chi connectivity index (χ2v) is 7.44. The number of hydrogen-bond acceptors (Lipinski definition) is 4. The number of fused-ring (bicyclic) bond motifs is 1. The molecule has 0 bridgehead atoms. The van der Waals surface area contributed by atoms with Gasteiger partial charge in [-0.1, -0.05) is 0 Å². The molecule has 0 fully saturated rings. The lowest BCUT2D eigenvalue weighted by Crippen LogP contribution is -2.32. The van der Waals surface area contributed by atoms with Gasteiger partial charge >= 0.3 is 17.9 Å². The maximum Gasteiger partial charge on any atom is 0.418 e. The first-order valence-electron chi connectivity index (χ1n) is 10.3. The van der Waals surface area contributed by atoms with Crippen molar-refractivity contribution < 1.29 is 18.0 Å². The Morgan fingerprint density at radius 1 is 1.22 bits per heavy atom. The van der Waals surface area contributed by atoms with Crippen molar-refractivity contribution in [2.24, 2.45) is 0 Å². The number of anilines is 1. The van der Waals surface area contributed by atoms with Crippen LogP contribution < -0.4 is 16.3 Å². The summed E-state index contributed by atoms with van der Waals surface area (Å²) in [4.78, 5) is 24.4. The van der Waals surface area contributed by atoms with Crippen molar-refractivity contribution in [3.8, 4) is 5.69 Å². The second kappa shape index (κ2) is 8.89. The normalized spacial score (nSPS) is 13.6. The van der Waals surface area contributed by atoms with Gasteiger partial charge in [0.15, 0.2) is 0 Å². The predicted molar refractivity (Wildman–Crippen MR) is 110 cm³/mol. The van der Waals surface area contributed by atoms with Crippen LogP contribution in [0.15, 0.2) is 41.5 Å². The van der Waals surface area contributed by atoms with Gasteiger partial charge in [-0.3, -0.25) is 4.57 Å². The molecular weight excluding hydrogens is 427 g/mol. The molecule has 2 amide bonds. The van der Waals surface area contributed by atoms with Gasteiger partial charge in [-0.05, 0) is 43.5 Å². The first kappa shape index (κ1) is 21.7. The summed E-state index contributed by atoms with van der Waals surface area (Å²) >= 11 is 0. The minimum Gasteiger partial charge on any atom is -0.338 e. The molecule has 4 rings (SSSR count). The minimum absolute atomic E-state index is 0.170. The van der Waals surface area contributed by atoms with Crippen molar-refractivity contribution in [2.75, 3.05) is 11.9 Å². The molecule has 3 heterocycles. The fourth-order valence-electron chi connectivity index (χ4n) is 3.63. The average molecular weight is 449 g/mol. The van der Waals surface area contributed by atoms with Crippen LogP contribution in [0, 0.1) is 0 Å². The molecule has 2 aromatic heterocycles. The minimum atomic E-state index is -4.66. The van der Waals surface area contributed by atoms with Gasteiger partial charge in [-0.25, -0.2) is 19.0 Å². The smallest absolute Gasteiger partial charge is 0.338 e. The Hall–Kier alpha value is -3.57. The molecule has 0 saturated carbocycles. The Labute approximate surface area is 180 Å².